The maximum Gasteiger partial charge on any atom is 0.344 e. The normalized spacial score (nSPS) is 14.3. The lowest BCUT2D eigenvalue weighted by atomic mass is 10.7. The number of amides is 3. The summed E-state index contributed by atoms with van der Waals surface area (Å²) in [5, 5.41) is 11.1. The molecule has 1 aliphatic carbocycles. The number of aromatic amines is 1. The van der Waals surface area contributed by atoms with Crippen molar-refractivity contribution in [2.75, 3.05) is 12.8 Å². The Morgan fingerprint density at radius 1 is 1.56 bits per heavy atom. The first kappa shape index (κ1) is 12.7. The van der Waals surface area contributed by atoms with Gasteiger partial charge >= 0.3 is 11.7 Å². The summed E-state index contributed by atoms with van der Waals surface area (Å²) < 4.78 is 1.55. The van der Waals surface area contributed by atoms with E-state index in [4.69, 9.17) is 0 Å². The van der Waals surface area contributed by atoms with Crippen LogP contribution in [0.5, 0.6) is 0 Å². The molecule has 3 amide bonds. The number of rotatable bonds is 4. The van der Waals surface area contributed by atoms with Crippen LogP contribution in [0.3, 0.4) is 0 Å². The molecule has 0 aromatic carbocycles. The van der Waals surface area contributed by atoms with E-state index in [1.807, 2.05) is 0 Å². The van der Waals surface area contributed by atoms with Crippen LogP contribution < -0.4 is 16.3 Å². The number of carbonyl (C=O) groups is 2. The fraction of sp³-hybridized carbons (Fsp3) is 0.556. The summed E-state index contributed by atoms with van der Waals surface area (Å²) in [6.45, 7) is 0. The monoisotopic (exact) mass is 271 g/mol. The standard InChI is InChI=1S/C9H13N5O3S/c1-10-7(16)11-6(15)4-18-9-13-12-8(17)14(9)5-2-3-5/h5H,2-4H2,1H3,(H,12,17)(H2,10,11,15,16). The van der Waals surface area contributed by atoms with E-state index in [0.29, 0.717) is 5.16 Å². The van der Waals surface area contributed by atoms with Gasteiger partial charge in [0.1, 0.15) is 0 Å². The van der Waals surface area contributed by atoms with Crippen molar-refractivity contribution >= 4 is 23.7 Å². The minimum Gasteiger partial charge on any atom is -0.341 e. The van der Waals surface area contributed by atoms with Crippen LogP contribution in [0.25, 0.3) is 0 Å². The first-order valence-electron chi connectivity index (χ1n) is 5.43. The number of thioether (sulfide) groups is 1. The molecular formula is C9H13N5O3S. The molecule has 0 saturated heterocycles. The van der Waals surface area contributed by atoms with Gasteiger partial charge in [0, 0.05) is 13.1 Å². The quantitative estimate of drug-likeness (QED) is 0.637. The van der Waals surface area contributed by atoms with Gasteiger partial charge in [-0.1, -0.05) is 11.8 Å². The average Bonchev–Trinajstić information content (AvgIpc) is 3.11. The Morgan fingerprint density at radius 2 is 2.28 bits per heavy atom. The number of aromatic nitrogens is 3. The molecule has 0 aliphatic heterocycles. The molecule has 3 N–H and O–H groups in total. The molecule has 0 spiro atoms. The maximum absolute atomic E-state index is 11.5. The Balaban J connectivity index is 1.92. The molecule has 0 bridgehead atoms. The lowest BCUT2D eigenvalue weighted by molar-refractivity contribution is -0.117. The third kappa shape index (κ3) is 2.92. The van der Waals surface area contributed by atoms with E-state index < -0.39 is 11.9 Å². The van der Waals surface area contributed by atoms with Crippen molar-refractivity contribution in [2.24, 2.45) is 0 Å². The van der Waals surface area contributed by atoms with Gasteiger partial charge in [-0.25, -0.2) is 14.7 Å². The smallest absolute Gasteiger partial charge is 0.341 e. The highest BCUT2D eigenvalue weighted by molar-refractivity contribution is 7.99. The number of hydrogen-bond donors (Lipinski definition) is 3. The fourth-order valence-corrected chi connectivity index (χ4v) is 2.22. The van der Waals surface area contributed by atoms with Crippen LogP contribution in [0.1, 0.15) is 18.9 Å². The van der Waals surface area contributed by atoms with E-state index in [2.05, 4.69) is 20.8 Å². The Bertz CT molecular complexity index is 519. The molecule has 1 saturated carbocycles. The summed E-state index contributed by atoms with van der Waals surface area (Å²) in [6, 6.07) is -0.358. The van der Waals surface area contributed by atoms with Crippen LogP contribution in [0.15, 0.2) is 9.95 Å². The van der Waals surface area contributed by atoms with E-state index in [-0.39, 0.29) is 17.5 Å². The van der Waals surface area contributed by atoms with Crippen molar-refractivity contribution in [3.8, 4) is 0 Å². The molecule has 8 nitrogen and oxygen atoms in total. The fourth-order valence-electron chi connectivity index (χ4n) is 1.40. The molecule has 9 heteroatoms. The van der Waals surface area contributed by atoms with E-state index >= 15 is 0 Å². The van der Waals surface area contributed by atoms with Gasteiger partial charge in [-0.15, -0.1) is 5.10 Å². The van der Waals surface area contributed by atoms with Crippen molar-refractivity contribution in [3.63, 3.8) is 0 Å². The zero-order valence-electron chi connectivity index (χ0n) is 9.73. The molecule has 1 aromatic rings. The molecule has 98 valence electrons. The maximum atomic E-state index is 11.5. The summed E-state index contributed by atoms with van der Waals surface area (Å²) in [7, 11) is 1.42. The third-order valence-electron chi connectivity index (χ3n) is 2.40. The van der Waals surface area contributed by atoms with Crippen LogP contribution in [-0.4, -0.2) is 39.5 Å². The largest absolute Gasteiger partial charge is 0.344 e. The van der Waals surface area contributed by atoms with Crippen LogP contribution in [-0.2, 0) is 4.79 Å². The Labute approximate surface area is 107 Å². The number of imide groups is 1. The predicted octanol–water partition coefficient (Wildman–Crippen LogP) is -0.546. The molecule has 0 unspecified atom stereocenters. The van der Waals surface area contributed by atoms with Crippen LogP contribution in [0.2, 0.25) is 0 Å². The Kier molecular flexibility index (Phi) is 3.70. The second-order valence-corrected chi connectivity index (χ2v) is 4.77. The second kappa shape index (κ2) is 5.25. The average molecular weight is 271 g/mol. The summed E-state index contributed by atoms with van der Waals surface area (Å²) in [5.41, 5.74) is -0.258. The van der Waals surface area contributed by atoms with Gasteiger partial charge in [0.05, 0.1) is 5.75 Å². The molecule has 1 aromatic heterocycles. The van der Waals surface area contributed by atoms with Gasteiger partial charge < -0.3 is 5.32 Å². The number of carbonyl (C=O) groups excluding carboxylic acids is 2. The number of nitrogens with zero attached hydrogens (tertiary/aromatic N) is 2. The SMILES string of the molecule is CNC(=O)NC(=O)CSc1n[nH]c(=O)n1C1CC1. The first-order valence-corrected chi connectivity index (χ1v) is 6.41. The van der Waals surface area contributed by atoms with Gasteiger partial charge in [0.15, 0.2) is 5.16 Å². The molecule has 2 rings (SSSR count). The first-order chi connectivity index (χ1) is 8.61. The molecule has 1 heterocycles. The van der Waals surface area contributed by atoms with Crippen molar-refractivity contribution in [1.82, 2.24) is 25.4 Å². The molecule has 1 aliphatic rings. The zero-order chi connectivity index (χ0) is 13.1. The lowest BCUT2D eigenvalue weighted by Crippen LogP contribution is -2.38. The van der Waals surface area contributed by atoms with Crippen molar-refractivity contribution in [1.29, 1.82) is 0 Å². The topological polar surface area (TPSA) is 109 Å². The van der Waals surface area contributed by atoms with Gasteiger partial charge in [-0.05, 0) is 12.8 Å². The summed E-state index contributed by atoms with van der Waals surface area (Å²) in [4.78, 5) is 33.7. The Hall–Kier alpha value is -1.77. The van der Waals surface area contributed by atoms with Gasteiger partial charge in [-0.3, -0.25) is 14.7 Å². The summed E-state index contributed by atoms with van der Waals surface area (Å²) in [5.74, 6) is -0.401. The summed E-state index contributed by atoms with van der Waals surface area (Å²) >= 11 is 1.13. The number of H-pyrrole nitrogens is 1. The van der Waals surface area contributed by atoms with Crippen LogP contribution in [0.4, 0.5) is 4.79 Å². The van der Waals surface area contributed by atoms with Crippen molar-refractivity contribution < 1.29 is 9.59 Å². The third-order valence-corrected chi connectivity index (χ3v) is 3.35. The van der Waals surface area contributed by atoms with E-state index in [0.717, 1.165) is 24.6 Å². The van der Waals surface area contributed by atoms with E-state index in [9.17, 15) is 14.4 Å². The number of urea groups is 1. The van der Waals surface area contributed by atoms with E-state index in [1.165, 1.54) is 7.05 Å². The molecular weight excluding hydrogens is 258 g/mol. The highest BCUT2D eigenvalue weighted by Crippen LogP contribution is 2.35. The van der Waals surface area contributed by atoms with E-state index in [1.54, 1.807) is 4.57 Å². The minimum absolute atomic E-state index is 0.0322. The highest BCUT2D eigenvalue weighted by Gasteiger charge is 2.28. The van der Waals surface area contributed by atoms with Gasteiger partial charge in [0.25, 0.3) is 0 Å². The summed E-state index contributed by atoms with van der Waals surface area (Å²) in [6.07, 6.45) is 1.91. The number of hydrogen-bond acceptors (Lipinski definition) is 5. The van der Waals surface area contributed by atoms with Crippen LogP contribution >= 0.6 is 11.8 Å². The molecule has 0 radical (unpaired) electrons. The molecule has 0 atom stereocenters. The zero-order valence-corrected chi connectivity index (χ0v) is 10.5. The molecule has 18 heavy (non-hydrogen) atoms. The van der Waals surface area contributed by atoms with Gasteiger partial charge in [-0.2, -0.15) is 0 Å². The minimum atomic E-state index is -0.554. The molecule has 1 fully saturated rings. The van der Waals surface area contributed by atoms with Crippen molar-refractivity contribution in [3.05, 3.63) is 10.5 Å². The Morgan fingerprint density at radius 3 is 2.89 bits per heavy atom. The van der Waals surface area contributed by atoms with Crippen molar-refractivity contribution in [2.45, 2.75) is 24.0 Å². The predicted molar refractivity (Wildman–Crippen MR) is 64.4 cm³/mol. The van der Waals surface area contributed by atoms with Crippen LogP contribution in [0, 0.1) is 0 Å². The second-order valence-electron chi connectivity index (χ2n) is 3.83. The number of nitrogens with one attached hydrogen (secondary N) is 3. The lowest BCUT2D eigenvalue weighted by Gasteiger charge is -2.04. The highest BCUT2D eigenvalue weighted by atomic mass is 32.2. The van der Waals surface area contributed by atoms with Gasteiger partial charge in [0.2, 0.25) is 5.91 Å².